The summed E-state index contributed by atoms with van der Waals surface area (Å²) in [5, 5.41) is 6.42. The number of fused-ring (bicyclic) bond motifs is 9. The Kier molecular flexibility index (Phi) is 25.1. The molecule has 0 saturated heterocycles. The minimum absolute atomic E-state index is 0. The van der Waals surface area contributed by atoms with Gasteiger partial charge in [0.2, 0.25) is 0 Å². The fraction of sp³-hybridized carbons (Fsp3) is 0.390. The zero-order valence-electron chi connectivity index (χ0n) is 76.3. The molecule has 2 aliphatic carbocycles. The topological polar surface area (TPSA) is 13.0 Å². The van der Waals surface area contributed by atoms with Gasteiger partial charge in [-0.3, -0.25) is 0 Å². The standard InChI is InChI=1S/C52H58BClN2S.C52H61ClN2S.CH3B.BI3/c1-48(2,3)31-14-19-35(20-15-31)55-41-23-18-33(50(7,8)9)26-40(41)53-45-42(55)27-34(54)28-43(45)56(36-21-16-32(17-22-36)49(4,5)6)46-37-29-38-39(30-44(37)57-47(46)53)52(12,13)25-24-51(38,10)11;1-48(2,3)34-14-20-38(21-15-34)54(39-22-16-35(17-23-39)49(4,5)6)41-28-37(53)29-42(30-41)55(40-24-18-36(19-25-40)50(7,8)9)46-33-56-47-32-45-44(31-43(46)47)51(10,11)26-27-52(45,12)13;1-2;2-1(3)4/h14-23,26-30H,24-25H2,1-13H3;14-25,28-33H,26-27H2,1-13H3;1H3;/i;;1D;. The molecule has 119 heavy (non-hydrogen) atoms. The van der Waals surface area contributed by atoms with Crippen LogP contribution in [0.25, 0.3) is 20.2 Å². The van der Waals surface area contributed by atoms with Gasteiger partial charge >= 0.3 is 0.282 Å². The van der Waals surface area contributed by atoms with Crippen molar-refractivity contribution in [2.45, 2.75) is 267 Å². The Hall–Kier alpha value is -5.72. The number of anilines is 12. The SMILES string of the molecule is CC(C)(C)c1ccc(N(c2ccc(C(C)(C)C)cc2)c2cc(Cl)cc(N(c3ccc(C(C)(C)C)cc3)c3csc4cc5c(cc34)C(C)(C)CCC5(C)C)c2)cc1.CC(C)(C)c1ccc(N2c3ccc(C(C)(C)C)cc3B3c4sc5cc6c(cc5c4N(c4ccc(C(C)(C)C)cc4)c4cc(Cl)cc2c43)C(C)(C)CCC6(C)C)cc1.IB(I)I.[2H]C[B]. The summed E-state index contributed by atoms with van der Waals surface area (Å²) in [5.41, 5.74) is 31.0. The average molecular weight is 1990 g/mol. The third kappa shape index (κ3) is 18.4. The molecule has 0 unspecified atom stereocenters. The van der Waals surface area contributed by atoms with Crippen molar-refractivity contribution in [1.29, 1.82) is 0 Å². The predicted octanol–water partition coefficient (Wildman–Crippen LogP) is 33.1. The van der Waals surface area contributed by atoms with E-state index in [0.717, 1.165) is 45.1 Å². The van der Waals surface area contributed by atoms with Crippen LogP contribution in [0.4, 0.5) is 68.2 Å². The second-order valence-electron chi connectivity index (χ2n) is 42.3. The molecule has 4 heterocycles. The third-order valence-electron chi connectivity index (χ3n) is 25.6. The first kappa shape index (κ1) is 89.6. The highest BCUT2D eigenvalue weighted by Gasteiger charge is 2.48. The quantitative estimate of drug-likeness (QED) is 0.111. The lowest BCUT2D eigenvalue weighted by atomic mass is 9.36. The van der Waals surface area contributed by atoms with Crippen molar-refractivity contribution in [1.82, 2.24) is 0 Å². The van der Waals surface area contributed by atoms with Gasteiger partial charge in [0.25, 0.3) is 6.71 Å². The largest absolute Gasteiger partial charge is 0.355 e. The van der Waals surface area contributed by atoms with Crippen LogP contribution in [0, 0.1) is 0 Å². The van der Waals surface area contributed by atoms with Gasteiger partial charge in [0.05, 0.1) is 19.2 Å². The molecule has 618 valence electrons. The van der Waals surface area contributed by atoms with Crippen LogP contribution in [0.15, 0.2) is 200 Å². The maximum absolute atomic E-state index is 7.35. The third-order valence-corrected chi connectivity index (χ3v) is 28.1. The molecule has 12 aromatic rings. The van der Waals surface area contributed by atoms with Gasteiger partial charge in [-0.1, -0.05) is 283 Å². The minimum Gasteiger partial charge on any atom is -0.311 e. The van der Waals surface area contributed by atoms with E-state index in [4.69, 9.17) is 24.6 Å². The Morgan fingerprint density at radius 1 is 0.395 bits per heavy atom. The van der Waals surface area contributed by atoms with Gasteiger partial charge in [-0.2, -0.15) is 0 Å². The predicted molar refractivity (Wildman–Crippen MR) is 559 cm³/mol. The van der Waals surface area contributed by atoms with E-state index in [1.165, 1.54) is 146 Å². The summed E-state index contributed by atoms with van der Waals surface area (Å²) < 4.78 is 10.8. The summed E-state index contributed by atoms with van der Waals surface area (Å²) in [6.07, 6.45) is 4.75. The van der Waals surface area contributed by atoms with E-state index in [0.29, 0.717) is 5.02 Å². The van der Waals surface area contributed by atoms with E-state index < -0.39 is 0 Å². The molecule has 0 spiro atoms. The van der Waals surface area contributed by atoms with E-state index in [2.05, 4.69) is 474 Å². The fourth-order valence-corrected chi connectivity index (χ4v) is 20.7. The first-order valence-electron chi connectivity index (χ1n) is 43.0. The van der Waals surface area contributed by atoms with Gasteiger partial charge in [0.15, 0.2) is 0 Å². The Bertz CT molecular complexity index is 5710. The van der Waals surface area contributed by atoms with E-state index in [1.807, 2.05) is 22.7 Å². The van der Waals surface area contributed by atoms with Gasteiger partial charge in [-0.05, 0) is 268 Å². The summed E-state index contributed by atoms with van der Waals surface area (Å²) in [7, 11) is 4.51. The van der Waals surface area contributed by atoms with Crippen LogP contribution < -0.4 is 35.3 Å². The van der Waals surface area contributed by atoms with Crippen LogP contribution in [0.5, 0.6) is 0 Å². The Balaban J connectivity index is 0.000000193. The summed E-state index contributed by atoms with van der Waals surface area (Å²) in [6.45, 7) is 60.7. The second kappa shape index (κ2) is 33.3. The van der Waals surface area contributed by atoms with E-state index in [1.54, 1.807) is 0 Å². The van der Waals surface area contributed by atoms with Gasteiger partial charge in [0.1, 0.15) is 0 Å². The van der Waals surface area contributed by atoms with Crippen molar-refractivity contribution >= 4 is 232 Å². The van der Waals surface area contributed by atoms with Gasteiger partial charge in [0, 0.05) is 98.6 Å². The molecule has 0 bridgehead atoms. The lowest BCUT2D eigenvalue weighted by molar-refractivity contribution is 0.332. The minimum atomic E-state index is -0.00790. The van der Waals surface area contributed by atoms with Gasteiger partial charge < -0.3 is 19.6 Å². The lowest BCUT2D eigenvalue weighted by Crippen LogP contribution is -2.60. The van der Waals surface area contributed by atoms with Crippen LogP contribution in [-0.4, -0.2) is 14.8 Å². The van der Waals surface area contributed by atoms with Crippen LogP contribution in [0.3, 0.4) is 0 Å². The highest BCUT2D eigenvalue weighted by atomic mass is 127. The highest BCUT2D eigenvalue weighted by Crippen LogP contribution is 2.56. The molecule has 2 aromatic heterocycles. The summed E-state index contributed by atoms with van der Waals surface area (Å²) >= 11 is 25.4. The zero-order valence-corrected chi connectivity index (χ0v) is 84.9. The molecule has 14 heteroatoms. The second-order valence-corrected chi connectivity index (χ2v) is 56.1. The van der Waals surface area contributed by atoms with Crippen molar-refractivity contribution in [3.05, 3.63) is 265 Å². The molecule has 16 rings (SSSR count). The lowest BCUT2D eigenvalue weighted by Gasteiger charge is -2.44. The number of hydrogen-bond acceptors (Lipinski definition) is 6. The van der Waals surface area contributed by atoms with E-state index in [9.17, 15) is 0 Å². The molecule has 2 aliphatic heterocycles. The molecule has 0 amide bonds. The smallest absolute Gasteiger partial charge is 0.311 e. The van der Waals surface area contributed by atoms with Gasteiger partial charge in [-0.15, -0.1) is 89.8 Å². The summed E-state index contributed by atoms with van der Waals surface area (Å²) in [4.78, 5) is 9.83. The number of nitrogens with zero attached hydrogens (tertiary/aromatic N) is 4. The van der Waals surface area contributed by atoms with Crippen LogP contribution in [0.2, 0.25) is 16.8 Å². The van der Waals surface area contributed by atoms with Crippen molar-refractivity contribution in [3.8, 4) is 0 Å². The molecule has 10 aromatic carbocycles. The van der Waals surface area contributed by atoms with E-state index >= 15 is 0 Å². The normalized spacial score (nSPS) is 15.8. The molecule has 4 nitrogen and oxygen atoms in total. The Morgan fingerprint density at radius 3 is 1.13 bits per heavy atom. The first-order valence-corrected chi connectivity index (χ1v) is 48.5. The molecule has 0 N–H and O–H groups in total. The fourth-order valence-electron chi connectivity index (χ4n) is 18.0. The van der Waals surface area contributed by atoms with Crippen molar-refractivity contribution < 1.29 is 1.37 Å². The highest BCUT2D eigenvalue weighted by molar-refractivity contribution is 14.4. The number of halogens is 5. The zero-order chi connectivity index (χ0) is 87.6. The Labute approximate surface area is 776 Å². The maximum Gasteiger partial charge on any atom is 0.355 e. The number of hydrogen-bond donors (Lipinski definition) is 0. The molecule has 4 aliphatic rings. The number of thiophene rings is 2. The van der Waals surface area contributed by atoms with Crippen molar-refractivity contribution in [3.63, 3.8) is 0 Å². The molecular formula is C105H122B3Cl2I3N4S2. The first-order chi connectivity index (χ1) is 55.7. The monoisotopic (exact) mass is 1990 g/mol. The number of benzene rings is 10. The molecule has 0 fully saturated rings. The maximum atomic E-state index is 7.35. The molecule has 0 saturated carbocycles. The molecule has 0 atom stereocenters. The molecule has 2 radical (unpaired) electrons. The number of rotatable bonds is 8. The van der Waals surface area contributed by atoms with Crippen molar-refractivity contribution in [2.24, 2.45) is 0 Å². The van der Waals surface area contributed by atoms with E-state index in [-0.39, 0.29) is 67.7 Å². The van der Waals surface area contributed by atoms with Crippen LogP contribution in [0.1, 0.15) is 263 Å². The average Bonchev–Trinajstić information content (AvgIpc) is 1.35. The van der Waals surface area contributed by atoms with Crippen molar-refractivity contribution in [2.75, 3.05) is 19.6 Å². The summed E-state index contributed by atoms with van der Waals surface area (Å²) in [5.74, 6) is 0. The van der Waals surface area contributed by atoms with Crippen LogP contribution in [-0.2, 0) is 54.1 Å². The molecular weight excluding hydrogens is 1870 g/mol. The Morgan fingerprint density at radius 2 is 0.723 bits per heavy atom. The summed E-state index contributed by atoms with van der Waals surface area (Å²) in [6, 6.07) is 74.2. The van der Waals surface area contributed by atoms with Crippen LogP contribution >= 0.6 is 113 Å². The van der Waals surface area contributed by atoms with Gasteiger partial charge in [-0.25, -0.2) is 0 Å².